The van der Waals surface area contributed by atoms with Gasteiger partial charge in [0, 0.05) is 58.5 Å². The number of anilines is 1. The lowest BCUT2D eigenvalue weighted by Gasteiger charge is -2.48. The summed E-state index contributed by atoms with van der Waals surface area (Å²) in [6.07, 6.45) is -6.28. The van der Waals surface area contributed by atoms with Crippen molar-refractivity contribution < 1.29 is 62.0 Å². The van der Waals surface area contributed by atoms with Crippen LogP contribution in [0.25, 0.3) is 0 Å². The number of amides is 2. The van der Waals surface area contributed by atoms with Gasteiger partial charge in [-0.2, -0.15) is 0 Å². The SMILES string of the molecule is COC(=O)[C@@]1(Sc2ccc(NC(C)=O)cc2)C[C@H](OC(C)=O)[C@@H](NC(C)=O)[C@H]([C@H](OC(C)=O)[C@@H](COC(C)=O)OC(C)=O)O1. The maximum Gasteiger partial charge on any atom is 0.349 e. The Hall–Kier alpha value is -4.18. The summed E-state index contributed by atoms with van der Waals surface area (Å²) >= 11 is 0.861. The molecule has 0 bridgehead atoms. The molecule has 16 heteroatoms. The maximum absolute atomic E-state index is 13.5. The highest BCUT2D eigenvalue weighted by atomic mass is 32.2. The predicted octanol–water partition coefficient (Wildman–Crippen LogP) is 1.26. The lowest BCUT2D eigenvalue weighted by atomic mass is 9.89. The first kappa shape index (κ1) is 36.0. The van der Waals surface area contributed by atoms with Gasteiger partial charge in [-0.15, -0.1) is 0 Å². The van der Waals surface area contributed by atoms with E-state index in [0.717, 1.165) is 46.6 Å². The number of ether oxygens (including phenoxy) is 6. The van der Waals surface area contributed by atoms with Crippen LogP contribution in [-0.4, -0.2) is 90.8 Å². The number of hydrogen-bond donors (Lipinski definition) is 2. The fraction of sp³-hybridized carbons (Fsp3) is 0.536. The monoisotopic (exact) mass is 640 g/mol. The summed E-state index contributed by atoms with van der Waals surface area (Å²) in [4.78, 5) is 84.1. The van der Waals surface area contributed by atoms with Gasteiger partial charge in [0.05, 0.1) is 13.2 Å². The molecule has 44 heavy (non-hydrogen) atoms. The summed E-state index contributed by atoms with van der Waals surface area (Å²) in [6.45, 7) is 6.28. The highest BCUT2D eigenvalue weighted by molar-refractivity contribution is 8.01. The molecule has 2 amide bonds. The lowest BCUT2D eigenvalue weighted by molar-refractivity contribution is -0.224. The third-order valence-corrected chi connectivity index (χ3v) is 7.22. The fourth-order valence-corrected chi connectivity index (χ4v) is 5.73. The van der Waals surface area contributed by atoms with Crippen molar-refractivity contribution in [3.63, 3.8) is 0 Å². The van der Waals surface area contributed by atoms with Gasteiger partial charge in [-0.1, -0.05) is 11.8 Å². The zero-order chi connectivity index (χ0) is 33.2. The molecule has 0 saturated carbocycles. The molecule has 2 N–H and O–H groups in total. The highest BCUT2D eigenvalue weighted by Gasteiger charge is 2.58. The first-order valence-electron chi connectivity index (χ1n) is 13.3. The van der Waals surface area contributed by atoms with Crippen LogP contribution >= 0.6 is 11.8 Å². The number of carbonyl (C=O) groups excluding carboxylic acids is 7. The minimum absolute atomic E-state index is 0.296. The van der Waals surface area contributed by atoms with Crippen LogP contribution in [0.15, 0.2) is 29.2 Å². The molecule has 1 heterocycles. The summed E-state index contributed by atoms with van der Waals surface area (Å²) in [6, 6.07) is 5.07. The van der Waals surface area contributed by atoms with E-state index in [2.05, 4.69) is 10.6 Å². The van der Waals surface area contributed by atoms with Crippen LogP contribution in [0.1, 0.15) is 48.0 Å². The summed E-state index contributed by atoms with van der Waals surface area (Å²) < 4.78 is 33.0. The minimum atomic E-state index is -2.00. The zero-order valence-electron chi connectivity index (χ0n) is 25.3. The molecule has 0 unspecified atom stereocenters. The lowest BCUT2D eigenvalue weighted by Crippen LogP contribution is -2.68. The van der Waals surface area contributed by atoms with Gasteiger partial charge in [-0.25, -0.2) is 4.79 Å². The van der Waals surface area contributed by atoms with Crippen LogP contribution in [-0.2, 0) is 62.0 Å². The van der Waals surface area contributed by atoms with Gasteiger partial charge in [-0.05, 0) is 24.3 Å². The largest absolute Gasteiger partial charge is 0.466 e. The van der Waals surface area contributed by atoms with E-state index in [1.54, 1.807) is 24.3 Å². The van der Waals surface area contributed by atoms with Crippen LogP contribution in [0.4, 0.5) is 5.69 Å². The Kier molecular flexibility index (Phi) is 13.1. The molecule has 1 saturated heterocycles. The zero-order valence-corrected chi connectivity index (χ0v) is 26.1. The normalized spacial score (nSPS) is 22.3. The van der Waals surface area contributed by atoms with Crippen LogP contribution in [0.5, 0.6) is 0 Å². The minimum Gasteiger partial charge on any atom is -0.466 e. The van der Waals surface area contributed by atoms with Gasteiger partial charge < -0.3 is 39.1 Å². The number of thioether (sulfide) groups is 1. The number of benzene rings is 1. The van der Waals surface area contributed by atoms with Crippen LogP contribution in [0.2, 0.25) is 0 Å². The molecule has 15 nitrogen and oxygen atoms in total. The van der Waals surface area contributed by atoms with Gasteiger partial charge >= 0.3 is 29.8 Å². The van der Waals surface area contributed by atoms with E-state index in [4.69, 9.17) is 28.4 Å². The van der Waals surface area contributed by atoms with Gasteiger partial charge in [-0.3, -0.25) is 28.8 Å². The van der Waals surface area contributed by atoms with Gasteiger partial charge in [0.15, 0.2) is 12.2 Å². The van der Waals surface area contributed by atoms with E-state index in [9.17, 15) is 33.6 Å². The third kappa shape index (κ3) is 10.5. The van der Waals surface area contributed by atoms with Crippen molar-refractivity contribution in [2.75, 3.05) is 19.0 Å². The topological polar surface area (TPSA) is 199 Å². The Balaban J connectivity index is 2.76. The highest BCUT2D eigenvalue weighted by Crippen LogP contribution is 2.46. The van der Waals surface area contributed by atoms with Crippen LogP contribution in [0.3, 0.4) is 0 Å². The van der Waals surface area contributed by atoms with Crippen molar-refractivity contribution in [1.29, 1.82) is 0 Å². The number of esters is 5. The van der Waals surface area contributed by atoms with E-state index in [0.29, 0.717) is 10.6 Å². The Bertz CT molecular complexity index is 1250. The standard InChI is InChI=1S/C28H36N2O13S/c1-14(31)29-20-8-10-21(11-9-20)44-28(27(37)38-7)12-22(40-17(4)34)24(30-15(2)32)26(43-28)25(42-19(6)36)23(41-18(5)35)13-39-16(3)33/h8-11,22-26H,12-13H2,1-7H3,(H,29,31)(H,30,32)/t22-,23+,24+,25+,26+,28-/m0/s1. The van der Waals surface area contributed by atoms with Gasteiger partial charge in [0.25, 0.3) is 0 Å². The summed E-state index contributed by atoms with van der Waals surface area (Å²) in [7, 11) is 1.11. The summed E-state index contributed by atoms with van der Waals surface area (Å²) in [5, 5.41) is 5.24. The van der Waals surface area contributed by atoms with Crippen molar-refractivity contribution >= 4 is 59.1 Å². The first-order valence-corrected chi connectivity index (χ1v) is 14.1. The number of rotatable bonds is 12. The molecule has 1 fully saturated rings. The Morgan fingerprint density at radius 2 is 1.50 bits per heavy atom. The van der Waals surface area contributed by atoms with E-state index in [-0.39, 0.29) is 12.3 Å². The molecule has 1 aliphatic heterocycles. The average molecular weight is 641 g/mol. The second kappa shape index (κ2) is 16.0. The van der Waals surface area contributed by atoms with E-state index < -0.39 is 77.8 Å². The predicted molar refractivity (Wildman–Crippen MR) is 152 cm³/mol. The Morgan fingerprint density at radius 1 is 0.886 bits per heavy atom. The van der Waals surface area contributed by atoms with E-state index >= 15 is 0 Å². The summed E-state index contributed by atoms with van der Waals surface area (Å²) in [5.74, 6) is -5.05. The van der Waals surface area contributed by atoms with Crippen molar-refractivity contribution in [3.05, 3.63) is 24.3 Å². The molecule has 242 valence electrons. The fourth-order valence-electron chi connectivity index (χ4n) is 4.50. The second-order valence-corrected chi connectivity index (χ2v) is 11.1. The molecule has 0 radical (unpaired) electrons. The van der Waals surface area contributed by atoms with Crippen LogP contribution < -0.4 is 10.6 Å². The van der Waals surface area contributed by atoms with Gasteiger partial charge in [0.1, 0.15) is 18.8 Å². The van der Waals surface area contributed by atoms with Crippen LogP contribution in [0, 0.1) is 0 Å². The number of carbonyl (C=O) groups is 7. The number of hydrogen-bond acceptors (Lipinski definition) is 14. The van der Waals surface area contributed by atoms with Gasteiger partial charge in [0.2, 0.25) is 16.7 Å². The van der Waals surface area contributed by atoms with Crippen molar-refractivity contribution in [3.8, 4) is 0 Å². The number of nitrogens with one attached hydrogen (secondary N) is 2. The molecule has 1 aliphatic rings. The Morgan fingerprint density at radius 3 is 1.98 bits per heavy atom. The van der Waals surface area contributed by atoms with E-state index in [1.807, 2.05) is 0 Å². The quantitative estimate of drug-likeness (QED) is 0.244. The van der Waals surface area contributed by atoms with Crippen molar-refractivity contribution in [2.24, 2.45) is 0 Å². The molecule has 1 aromatic rings. The first-order chi connectivity index (χ1) is 20.6. The second-order valence-electron chi connectivity index (χ2n) is 9.74. The van der Waals surface area contributed by atoms with Crippen molar-refractivity contribution in [1.82, 2.24) is 5.32 Å². The third-order valence-electron chi connectivity index (χ3n) is 5.95. The Labute approximate surface area is 257 Å². The molecule has 2 rings (SSSR count). The average Bonchev–Trinajstić information content (AvgIpc) is 2.90. The molecule has 0 aromatic heterocycles. The molecule has 6 atom stereocenters. The molecular weight excluding hydrogens is 604 g/mol. The number of methoxy groups -OCH3 is 1. The summed E-state index contributed by atoms with van der Waals surface area (Å²) in [5.41, 5.74) is 0.476. The van der Waals surface area contributed by atoms with Crippen molar-refractivity contribution in [2.45, 2.75) is 88.2 Å². The molecule has 0 aliphatic carbocycles. The van der Waals surface area contributed by atoms with E-state index in [1.165, 1.54) is 13.8 Å². The molecular formula is C28H36N2O13S. The maximum atomic E-state index is 13.5. The molecule has 1 aromatic carbocycles. The molecule has 0 spiro atoms. The smallest absolute Gasteiger partial charge is 0.349 e.